The van der Waals surface area contributed by atoms with E-state index in [4.69, 9.17) is 16.3 Å². The Kier molecular flexibility index (Phi) is 6.91. The third-order valence-corrected chi connectivity index (χ3v) is 5.22. The minimum absolute atomic E-state index is 0.0234. The summed E-state index contributed by atoms with van der Waals surface area (Å²) >= 11 is 6.02. The van der Waals surface area contributed by atoms with Crippen LogP contribution in [0.3, 0.4) is 0 Å². The number of amides is 3. The van der Waals surface area contributed by atoms with E-state index >= 15 is 0 Å². The maximum atomic E-state index is 12.3. The van der Waals surface area contributed by atoms with Crippen LogP contribution in [-0.2, 0) is 19.1 Å². The van der Waals surface area contributed by atoms with Gasteiger partial charge in [0.2, 0.25) is 5.91 Å². The molecule has 8 nitrogen and oxygen atoms in total. The predicted octanol–water partition coefficient (Wildman–Crippen LogP) is 2.63. The van der Waals surface area contributed by atoms with E-state index in [0.29, 0.717) is 16.3 Å². The zero-order chi connectivity index (χ0) is 22.5. The largest absolute Gasteiger partial charge is 0.455 e. The lowest BCUT2D eigenvalue weighted by Gasteiger charge is -2.17. The Balaban J connectivity index is 1.48. The smallest absolute Gasteiger partial charge is 0.311 e. The number of halogens is 1. The Morgan fingerprint density at radius 3 is 2.52 bits per heavy atom. The molecule has 3 amide bonds. The molecule has 0 aromatic heterocycles. The number of rotatable bonds is 6. The number of hydrogen-bond donors (Lipinski definition) is 2. The fraction of sp³-hybridized carbons (Fsp3) is 0.273. The summed E-state index contributed by atoms with van der Waals surface area (Å²) in [5.74, 6) is -2.83. The van der Waals surface area contributed by atoms with Gasteiger partial charge in [-0.25, -0.2) is 0 Å². The summed E-state index contributed by atoms with van der Waals surface area (Å²) in [7, 11) is 0. The highest BCUT2D eigenvalue weighted by atomic mass is 35.5. The number of anilines is 1. The maximum absolute atomic E-state index is 12.3. The van der Waals surface area contributed by atoms with Gasteiger partial charge in [-0.15, -0.1) is 0 Å². The summed E-state index contributed by atoms with van der Waals surface area (Å²) in [5.41, 5.74) is 5.26. The van der Waals surface area contributed by atoms with E-state index in [1.807, 2.05) is 13.8 Å². The molecule has 0 unspecified atom stereocenters. The molecule has 9 heteroatoms. The van der Waals surface area contributed by atoms with Gasteiger partial charge in [-0.1, -0.05) is 35.4 Å². The second kappa shape index (κ2) is 9.61. The van der Waals surface area contributed by atoms with Crippen LogP contribution in [0.15, 0.2) is 42.5 Å². The first-order valence-electron chi connectivity index (χ1n) is 9.63. The van der Waals surface area contributed by atoms with Gasteiger partial charge in [0.25, 0.3) is 11.8 Å². The minimum atomic E-state index is -0.771. The van der Waals surface area contributed by atoms with E-state index < -0.39 is 36.2 Å². The van der Waals surface area contributed by atoms with Crippen LogP contribution in [-0.4, -0.2) is 41.9 Å². The zero-order valence-corrected chi connectivity index (χ0v) is 17.9. The predicted molar refractivity (Wildman–Crippen MR) is 114 cm³/mol. The lowest BCUT2D eigenvalue weighted by molar-refractivity contribution is -0.151. The molecule has 1 atom stereocenters. The molecule has 3 rings (SSSR count). The Hall–Kier alpha value is -3.39. The number of hydrazine groups is 1. The van der Waals surface area contributed by atoms with Gasteiger partial charge in [0.15, 0.2) is 6.61 Å². The number of carbonyl (C=O) groups excluding carboxylic acids is 4. The SMILES string of the molecule is Cc1ccc(C(=O)NN2C[C@H](C(=O)OCC(=O)Nc3ccc(C)c(Cl)c3)CC2=O)cc1. The van der Waals surface area contributed by atoms with Crippen molar-refractivity contribution in [2.75, 3.05) is 18.5 Å². The number of carbonyl (C=O) groups is 4. The van der Waals surface area contributed by atoms with Crippen LogP contribution in [0.1, 0.15) is 27.9 Å². The summed E-state index contributed by atoms with van der Waals surface area (Å²) in [6.07, 6.45) is -0.109. The summed E-state index contributed by atoms with van der Waals surface area (Å²) in [4.78, 5) is 48.7. The molecular weight excluding hydrogens is 422 g/mol. The van der Waals surface area contributed by atoms with Gasteiger partial charge in [0, 0.05) is 22.7 Å². The van der Waals surface area contributed by atoms with E-state index in [2.05, 4.69) is 10.7 Å². The molecule has 1 fully saturated rings. The normalized spacial score (nSPS) is 15.5. The van der Waals surface area contributed by atoms with Crippen LogP contribution >= 0.6 is 11.6 Å². The van der Waals surface area contributed by atoms with Gasteiger partial charge in [0.1, 0.15) is 0 Å². The van der Waals surface area contributed by atoms with Crippen molar-refractivity contribution >= 4 is 41.0 Å². The lowest BCUT2D eigenvalue weighted by Crippen LogP contribution is -2.43. The van der Waals surface area contributed by atoms with Crippen molar-refractivity contribution in [2.45, 2.75) is 20.3 Å². The summed E-state index contributed by atoms with van der Waals surface area (Å²) < 4.78 is 5.04. The van der Waals surface area contributed by atoms with Crippen LogP contribution in [0, 0.1) is 19.8 Å². The molecule has 2 aromatic rings. The fourth-order valence-corrected chi connectivity index (χ4v) is 3.17. The number of nitrogens with one attached hydrogen (secondary N) is 2. The maximum Gasteiger partial charge on any atom is 0.311 e. The Bertz CT molecular complexity index is 1020. The van der Waals surface area contributed by atoms with Crippen molar-refractivity contribution < 1.29 is 23.9 Å². The molecule has 0 aliphatic carbocycles. The highest BCUT2D eigenvalue weighted by Gasteiger charge is 2.36. The van der Waals surface area contributed by atoms with Crippen LogP contribution < -0.4 is 10.7 Å². The molecule has 0 radical (unpaired) electrons. The number of nitrogens with zero attached hydrogens (tertiary/aromatic N) is 1. The monoisotopic (exact) mass is 443 g/mol. The molecule has 1 aliphatic rings. The molecule has 2 N–H and O–H groups in total. The minimum Gasteiger partial charge on any atom is -0.455 e. The second-order valence-corrected chi connectivity index (χ2v) is 7.74. The molecule has 1 aliphatic heterocycles. The van der Waals surface area contributed by atoms with Gasteiger partial charge >= 0.3 is 5.97 Å². The molecule has 0 spiro atoms. The molecule has 1 saturated heterocycles. The Labute approximate surface area is 184 Å². The number of esters is 1. The Morgan fingerprint density at radius 2 is 1.84 bits per heavy atom. The first-order valence-corrected chi connectivity index (χ1v) is 10.0. The quantitative estimate of drug-likeness (QED) is 0.668. The summed E-state index contributed by atoms with van der Waals surface area (Å²) in [5, 5.41) is 4.19. The zero-order valence-electron chi connectivity index (χ0n) is 17.1. The van der Waals surface area contributed by atoms with E-state index in [1.165, 1.54) is 0 Å². The van der Waals surface area contributed by atoms with E-state index in [9.17, 15) is 19.2 Å². The third-order valence-electron chi connectivity index (χ3n) is 4.81. The molecule has 0 saturated carbocycles. The molecule has 162 valence electrons. The van der Waals surface area contributed by atoms with Gasteiger partial charge in [-0.05, 0) is 43.7 Å². The van der Waals surface area contributed by atoms with Crippen molar-refractivity contribution in [2.24, 2.45) is 5.92 Å². The highest BCUT2D eigenvalue weighted by molar-refractivity contribution is 6.31. The molecule has 31 heavy (non-hydrogen) atoms. The molecule has 2 aromatic carbocycles. The number of benzene rings is 2. The van der Waals surface area contributed by atoms with E-state index in [1.54, 1.807) is 42.5 Å². The van der Waals surface area contributed by atoms with Crippen molar-refractivity contribution in [3.05, 3.63) is 64.2 Å². The van der Waals surface area contributed by atoms with Crippen molar-refractivity contribution in [3.8, 4) is 0 Å². The van der Waals surface area contributed by atoms with Crippen molar-refractivity contribution in [1.82, 2.24) is 10.4 Å². The fourth-order valence-electron chi connectivity index (χ4n) is 2.99. The summed E-state index contributed by atoms with van der Waals surface area (Å²) in [6, 6.07) is 11.9. The molecule has 0 bridgehead atoms. The van der Waals surface area contributed by atoms with Crippen molar-refractivity contribution in [3.63, 3.8) is 0 Å². The van der Waals surface area contributed by atoms with Crippen LogP contribution in [0.2, 0.25) is 5.02 Å². The average molecular weight is 444 g/mol. The number of aryl methyl sites for hydroxylation is 2. The lowest BCUT2D eigenvalue weighted by atomic mass is 10.1. The second-order valence-electron chi connectivity index (χ2n) is 7.33. The van der Waals surface area contributed by atoms with Gasteiger partial charge in [-0.3, -0.25) is 29.6 Å². The van der Waals surface area contributed by atoms with Gasteiger partial charge < -0.3 is 10.1 Å². The Morgan fingerprint density at radius 1 is 1.13 bits per heavy atom. The van der Waals surface area contributed by atoms with Crippen LogP contribution in [0.25, 0.3) is 0 Å². The standard InChI is InChI=1S/C22H22ClN3O5/c1-13-3-6-15(7-4-13)21(29)25-26-11-16(9-20(26)28)22(30)31-12-19(27)24-17-8-5-14(2)18(23)10-17/h3-8,10,16H,9,11-12H2,1-2H3,(H,24,27)(H,25,29)/t16-/m1/s1. The van der Waals surface area contributed by atoms with Gasteiger partial charge in [-0.2, -0.15) is 0 Å². The average Bonchev–Trinajstić information content (AvgIpc) is 3.10. The van der Waals surface area contributed by atoms with Gasteiger partial charge in [0.05, 0.1) is 12.5 Å². The topological polar surface area (TPSA) is 105 Å². The van der Waals surface area contributed by atoms with Crippen molar-refractivity contribution in [1.29, 1.82) is 0 Å². The summed E-state index contributed by atoms with van der Waals surface area (Å²) in [6.45, 7) is 3.22. The number of ether oxygens (including phenoxy) is 1. The molecular formula is C22H22ClN3O5. The first-order chi connectivity index (χ1) is 14.7. The number of hydrogen-bond acceptors (Lipinski definition) is 5. The van der Waals surface area contributed by atoms with Crippen LogP contribution in [0.4, 0.5) is 5.69 Å². The molecule has 1 heterocycles. The van der Waals surface area contributed by atoms with Crippen LogP contribution in [0.5, 0.6) is 0 Å². The van der Waals surface area contributed by atoms with E-state index in [0.717, 1.165) is 16.1 Å². The van der Waals surface area contributed by atoms with E-state index in [-0.39, 0.29) is 13.0 Å². The first kappa shape index (κ1) is 22.3. The third kappa shape index (κ3) is 5.82. The highest BCUT2D eigenvalue weighted by Crippen LogP contribution is 2.20.